The summed E-state index contributed by atoms with van der Waals surface area (Å²) in [5.74, 6) is -3.16. The van der Waals surface area contributed by atoms with E-state index in [0.29, 0.717) is 11.3 Å². The van der Waals surface area contributed by atoms with Crippen molar-refractivity contribution in [2.45, 2.75) is 19.9 Å². The van der Waals surface area contributed by atoms with Gasteiger partial charge in [-0.2, -0.15) is 0 Å². The molecule has 0 radical (unpaired) electrons. The lowest BCUT2D eigenvalue weighted by Crippen LogP contribution is -2.34. The lowest BCUT2D eigenvalue weighted by Gasteiger charge is -2.09. The second-order valence-electron chi connectivity index (χ2n) is 6.81. The quantitative estimate of drug-likeness (QED) is 0.132. The van der Waals surface area contributed by atoms with Gasteiger partial charge in [0.2, 0.25) is 11.7 Å². The monoisotopic (exact) mass is 459 g/mol. The first kappa shape index (κ1) is 24.4. The molecule has 0 aliphatic heterocycles. The maximum Gasteiger partial charge on any atom is 0.379 e. The number of carbonyl (C=O) groups excluding carboxylic acids is 2. The van der Waals surface area contributed by atoms with Crippen LogP contribution in [0, 0.1) is 11.3 Å². The van der Waals surface area contributed by atoms with Crippen LogP contribution in [0.3, 0.4) is 0 Å². The van der Waals surface area contributed by atoms with Crippen LogP contribution in [-0.4, -0.2) is 28.8 Å². The smallest absolute Gasteiger partial charge is 0.379 e. The zero-order valence-corrected chi connectivity index (χ0v) is 17.9. The molecule has 3 aromatic rings. The average Bonchev–Trinajstić information content (AvgIpc) is 3.21. The molecule has 10 heteroatoms. The normalized spacial score (nSPS) is 11.3. The van der Waals surface area contributed by atoms with Gasteiger partial charge in [-0.25, -0.2) is 4.79 Å². The van der Waals surface area contributed by atoms with Crippen LogP contribution in [0.2, 0.25) is 0 Å². The number of hydrogen-bond acceptors (Lipinski definition) is 6. The number of ether oxygens (including phenoxy) is 1. The Labute approximate surface area is 189 Å². The van der Waals surface area contributed by atoms with Crippen molar-refractivity contribution in [1.29, 1.82) is 5.41 Å². The number of amides is 1. The molecule has 5 N–H and O–H groups in total. The number of esters is 1. The van der Waals surface area contributed by atoms with E-state index in [1.807, 2.05) is 0 Å². The summed E-state index contributed by atoms with van der Waals surface area (Å²) in [5, 5.41) is 20.6. The van der Waals surface area contributed by atoms with Gasteiger partial charge in [-0.05, 0) is 47.5 Å². The fourth-order valence-electron chi connectivity index (χ4n) is 2.96. The average molecular weight is 460 g/mol. The van der Waals surface area contributed by atoms with Gasteiger partial charge < -0.3 is 25.3 Å². The van der Waals surface area contributed by atoms with Crippen molar-refractivity contribution in [3.63, 3.8) is 0 Å². The van der Waals surface area contributed by atoms with Crippen molar-refractivity contribution in [2.24, 2.45) is 11.7 Å². The molecule has 2 aromatic carbocycles. The second-order valence-corrected chi connectivity index (χ2v) is 6.81. The van der Waals surface area contributed by atoms with Gasteiger partial charge in [-0.3, -0.25) is 15.0 Å². The molecule has 168 valence electrons. The van der Waals surface area contributed by atoms with Crippen LogP contribution in [-0.2, 0) is 16.1 Å². The largest absolute Gasteiger partial charge is 0.481 e. The summed E-state index contributed by atoms with van der Waals surface area (Å²) in [4.78, 5) is 35.3. The number of benzene rings is 2. The molecule has 0 aliphatic carbocycles. The Morgan fingerprint density at radius 1 is 1.12 bits per heavy atom. The maximum atomic E-state index is 12.4. The molecule has 9 nitrogen and oxygen atoms in total. The third-order valence-electron chi connectivity index (χ3n) is 4.66. The van der Waals surface area contributed by atoms with E-state index in [9.17, 15) is 14.4 Å². The lowest BCUT2D eigenvalue weighted by molar-refractivity contribution is -0.147. The standard InChI is InChI=1S/C22H21N3O6.ClH/c1-2-17(21(27)28)20(26)25-11-16-7-8-18(30-16)22(29)31-15-6-5-12-9-14(19(23)24)4-3-13(12)10-15;/h3-10,17H,2,11H2,1H3,(H3,23,24)(H,25,26)(H,27,28);1H. The van der Waals surface area contributed by atoms with Crippen LogP contribution in [0.25, 0.3) is 10.8 Å². The van der Waals surface area contributed by atoms with Gasteiger partial charge in [0.25, 0.3) is 0 Å². The molecule has 0 fully saturated rings. The van der Waals surface area contributed by atoms with Gasteiger partial charge in [0.1, 0.15) is 23.3 Å². The molecule has 0 saturated carbocycles. The van der Waals surface area contributed by atoms with Crippen molar-refractivity contribution < 1.29 is 28.6 Å². The molecule has 0 aliphatic rings. The molecule has 3 rings (SSSR count). The minimum absolute atomic E-state index is 0. The number of carbonyl (C=O) groups is 3. The van der Waals surface area contributed by atoms with E-state index in [-0.39, 0.29) is 42.7 Å². The number of aliphatic carboxylic acids is 1. The van der Waals surface area contributed by atoms with E-state index in [2.05, 4.69) is 5.32 Å². The van der Waals surface area contributed by atoms with E-state index < -0.39 is 23.8 Å². The van der Waals surface area contributed by atoms with Crippen molar-refractivity contribution in [3.05, 3.63) is 65.6 Å². The number of fused-ring (bicyclic) bond motifs is 1. The summed E-state index contributed by atoms with van der Waals surface area (Å²) >= 11 is 0. The van der Waals surface area contributed by atoms with Crippen LogP contribution in [0.5, 0.6) is 5.75 Å². The molecular formula is C22H22ClN3O6. The summed E-state index contributed by atoms with van der Waals surface area (Å²) in [7, 11) is 0. The van der Waals surface area contributed by atoms with E-state index in [0.717, 1.165) is 10.8 Å². The van der Waals surface area contributed by atoms with Gasteiger partial charge in [0, 0.05) is 5.56 Å². The van der Waals surface area contributed by atoms with Gasteiger partial charge in [0.05, 0.1) is 6.54 Å². The number of nitrogens with one attached hydrogen (secondary N) is 2. The van der Waals surface area contributed by atoms with Crippen LogP contribution in [0.1, 0.15) is 35.2 Å². The fraction of sp³-hybridized carbons (Fsp3) is 0.182. The molecule has 1 atom stereocenters. The minimum atomic E-state index is -1.20. The summed E-state index contributed by atoms with van der Waals surface area (Å²) < 4.78 is 10.7. The molecular weight excluding hydrogens is 438 g/mol. The van der Waals surface area contributed by atoms with Crippen molar-refractivity contribution >= 4 is 46.9 Å². The molecule has 0 spiro atoms. The minimum Gasteiger partial charge on any atom is -0.481 e. The number of nitrogens with two attached hydrogens (primary N) is 1. The van der Waals surface area contributed by atoms with E-state index in [1.54, 1.807) is 43.3 Å². The zero-order valence-electron chi connectivity index (χ0n) is 17.1. The zero-order chi connectivity index (χ0) is 22.5. The molecule has 1 unspecified atom stereocenters. The predicted molar refractivity (Wildman–Crippen MR) is 119 cm³/mol. The van der Waals surface area contributed by atoms with E-state index in [1.165, 1.54) is 12.1 Å². The van der Waals surface area contributed by atoms with Gasteiger partial charge >= 0.3 is 11.9 Å². The molecule has 0 bridgehead atoms. The Bertz CT molecular complexity index is 1170. The number of carboxylic acid groups (broad SMARTS) is 1. The summed E-state index contributed by atoms with van der Waals surface area (Å²) in [6.07, 6.45) is 0.165. The summed E-state index contributed by atoms with van der Waals surface area (Å²) in [6, 6.07) is 13.2. The number of nitrogen functional groups attached to an aromatic ring is 1. The Morgan fingerprint density at radius 2 is 1.81 bits per heavy atom. The van der Waals surface area contributed by atoms with E-state index >= 15 is 0 Å². The Morgan fingerprint density at radius 3 is 2.47 bits per heavy atom. The molecule has 1 heterocycles. The van der Waals surface area contributed by atoms with Gasteiger partial charge in [-0.15, -0.1) is 12.4 Å². The molecule has 1 amide bonds. The van der Waals surface area contributed by atoms with Crippen molar-refractivity contribution in [1.82, 2.24) is 5.32 Å². The Balaban J connectivity index is 0.00000363. The summed E-state index contributed by atoms with van der Waals surface area (Å²) in [6.45, 7) is 1.55. The summed E-state index contributed by atoms with van der Waals surface area (Å²) in [5.41, 5.74) is 6.09. The molecule has 32 heavy (non-hydrogen) atoms. The van der Waals surface area contributed by atoms with Crippen LogP contribution >= 0.6 is 12.4 Å². The first-order valence-electron chi connectivity index (χ1n) is 9.48. The first-order chi connectivity index (χ1) is 14.8. The number of furan rings is 1. The highest BCUT2D eigenvalue weighted by Crippen LogP contribution is 2.23. The van der Waals surface area contributed by atoms with Gasteiger partial charge in [0.15, 0.2) is 0 Å². The SMILES string of the molecule is CCC(C(=O)O)C(=O)NCc1ccc(C(=O)Oc2ccc3cc(C(=N)N)ccc3c2)o1.Cl. The van der Waals surface area contributed by atoms with Crippen LogP contribution in [0.4, 0.5) is 0 Å². The van der Waals surface area contributed by atoms with Crippen molar-refractivity contribution in [2.75, 3.05) is 0 Å². The highest BCUT2D eigenvalue weighted by atomic mass is 35.5. The maximum absolute atomic E-state index is 12.4. The molecule has 1 aromatic heterocycles. The number of halogens is 1. The topological polar surface area (TPSA) is 156 Å². The first-order valence-corrected chi connectivity index (χ1v) is 9.48. The van der Waals surface area contributed by atoms with Gasteiger partial charge in [-0.1, -0.05) is 25.1 Å². The van der Waals surface area contributed by atoms with E-state index in [4.69, 9.17) is 25.4 Å². The Hall–Kier alpha value is -3.85. The third kappa shape index (κ3) is 5.64. The number of rotatable bonds is 8. The fourth-order valence-corrected chi connectivity index (χ4v) is 2.96. The highest BCUT2D eigenvalue weighted by Gasteiger charge is 2.24. The highest BCUT2D eigenvalue weighted by molar-refractivity contribution is 5.99. The third-order valence-corrected chi connectivity index (χ3v) is 4.66. The number of hydrogen-bond donors (Lipinski definition) is 4. The lowest BCUT2D eigenvalue weighted by atomic mass is 10.1. The molecule has 0 saturated heterocycles. The number of carboxylic acids is 1. The predicted octanol–water partition coefficient (Wildman–Crippen LogP) is 3.08. The van der Waals surface area contributed by atoms with Crippen LogP contribution in [0.15, 0.2) is 52.9 Å². The van der Waals surface area contributed by atoms with Crippen molar-refractivity contribution in [3.8, 4) is 5.75 Å². The number of amidine groups is 1. The second kappa shape index (κ2) is 10.5. The Kier molecular flexibility index (Phi) is 7.97. The van der Waals surface area contributed by atoms with Crippen LogP contribution < -0.4 is 15.8 Å².